The minimum Gasteiger partial charge on any atom is -0.371 e. The second-order valence-corrected chi connectivity index (χ2v) is 4.23. The van der Waals surface area contributed by atoms with Gasteiger partial charge in [0.1, 0.15) is 11.4 Å². The summed E-state index contributed by atoms with van der Waals surface area (Å²) in [6.45, 7) is 4.16. The topological polar surface area (TPSA) is 62.0 Å². The molecule has 4 nitrogen and oxygen atoms in total. The normalized spacial score (nSPS) is 10.6. The number of nitrogens with one attached hydrogen (secondary N) is 2. The van der Waals surface area contributed by atoms with Crippen molar-refractivity contribution in [3.63, 3.8) is 0 Å². The Bertz CT molecular complexity index is 644. The van der Waals surface area contributed by atoms with E-state index < -0.39 is 0 Å². The van der Waals surface area contributed by atoms with Gasteiger partial charge in [-0.3, -0.25) is 9.59 Å². The van der Waals surface area contributed by atoms with Crippen molar-refractivity contribution in [3.05, 3.63) is 40.1 Å². The first-order valence-corrected chi connectivity index (χ1v) is 6.05. The number of carbonyl (C=O) groups excluding carboxylic acids is 1. The molecule has 0 radical (unpaired) electrons. The van der Waals surface area contributed by atoms with E-state index in [9.17, 15) is 9.59 Å². The van der Waals surface area contributed by atoms with E-state index in [1.807, 2.05) is 19.1 Å². The lowest BCUT2D eigenvalue weighted by molar-refractivity contribution is 0.101. The van der Waals surface area contributed by atoms with E-state index in [2.05, 4.69) is 10.3 Å². The van der Waals surface area contributed by atoms with Crippen molar-refractivity contribution in [1.82, 2.24) is 4.98 Å². The summed E-state index contributed by atoms with van der Waals surface area (Å²) in [5.74, 6) is 0.300. The van der Waals surface area contributed by atoms with Crippen LogP contribution in [0.5, 0.6) is 0 Å². The molecule has 94 valence electrons. The first-order valence-electron chi connectivity index (χ1n) is 6.05. The van der Waals surface area contributed by atoms with E-state index in [1.165, 1.54) is 6.92 Å². The van der Waals surface area contributed by atoms with Crippen molar-refractivity contribution in [1.29, 1.82) is 0 Å². The Morgan fingerprint density at radius 1 is 1.33 bits per heavy atom. The number of carbonyl (C=O) groups is 1. The molecule has 0 fully saturated rings. The minimum atomic E-state index is -0.222. The molecule has 1 aromatic heterocycles. The summed E-state index contributed by atoms with van der Waals surface area (Å²) in [7, 11) is 0. The van der Waals surface area contributed by atoms with Crippen LogP contribution in [0.25, 0.3) is 10.9 Å². The van der Waals surface area contributed by atoms with Crippen LogP contribution in [0.3, 0.4) is 0 Å². The molecule has 0 saturated heterocycles. The molecule has 0 aliphatic rings. The number of benzene rings is 1. The maximum Gasteiger partial charge on any atom is 0.202 e. The monoisotopic (exact) mass is 244 g/mol. The van der Waals surface area contributed by atoms with Crippen LogP contribution in [0.4, 0.5) is 5.82 Å². The Kier molecular flexibility index (Phi) is 3.46. The number of pyridine rings is 1. The van der Waals surface area contributed by atoms with Gasteiger partial charge in [0.15, 0.2) is 5.78 Å². The number of aromatic nitrogens is 1. The van der Waals surface area contributed by atoms with E-state index >= 15 is 0 Å². The highest BCUT2D eigenvalue weighted by Gasteiger charge is 2.15. The molecule has 2 rings (SSSR count). The quantitative estimate of drug-likeness (QED) is 0.812. The lowest BCUT2D eigenvalue weighted by Crippen LogP contribution is -2.19. The number of hydrogen-bond acceptors (Lipinski definition) is 3. The molecule has 0 aliphatic carbocycles. The van der Waals surface area contributed by atoms with Gasteiger partial charge in [0.25, 0.3) is 0 Å². The third kappa shape index (κ3) is 2.14. The van der Waals surface area contributed by atoms with Crippen molar-refractivity contribution in [2.75, 3.05) is 11.9 Å². The van der Waals surface area contributed by atoms with Crippen molar-refractivity contribution in [3.8, 4) is 0 Å². The molecular weight excluding hydrogens is 228 g/mol. The predicted molar refractivity (Wildman–Crippen MR) is 73.4 cm³/mol. The highest BCUT2D eigenvalue weighted by Crippen LogP contribution is 2.15. The molecular formula is C14H16N2O2. The lowest BCUT2D eigenvalue weighted by atomic mass is 10.1. The number of hydrogen-bond donors (Lipinski definition) is 2. The van der Waals surface area contributed by atoms with Crippen molar-refractivity contribution in [2.45, 2.75) is 20.3 Å². The average Bonchev–Trinajstić information content (AvgIpc) is 2.36. The number of anilines is 1. The Morgan fingerprint density at radius 3 is 2.72 bits per heavy atom. The number of Topliss-reactive ketones (excluding diaryl/α,β-unsaturated/α-hetero) is 1. The van der Waals surface area contributed by atoms with Crippen molar-refractivity contribution >= 4 is 22.5 Å². The van der Waals surface area contributed by atoms with Gasteiger partial charge in [0.05, 0.1) is 5.52 Å². The van der Waals surface area contributed by atoms with Crippen molar-refractivity contribution < 1.29 is 4.79 Å². The summed E-state index contributed by atoms with van der Waals surface area (Å²) in [6, 6.07) is 7.21. The maximum absolute atomic E-state index is 12.3. The third-order valence-corrected chi connectivity index (χ3v) is 2.81. The van der Waals surface area contributed by atoms with Gasteiger partial charge in [-0.2, -0.15) is 0 Å². The van der Waals surface area contributed by atoms with Crippen LogP contribution >= 0.6 is 0 Å². The average molecular weight is 244 g/mol. The van der Waals surface area contributed by atoms with Gasteiger partial charge in [0.2, 0.25) is 5.43 Å². The van der Waals surface area contributed by atoms with Crippen LogP contribution in [0, 0.1) is 0 Å². The molecule has 0 aliphatic heterocycles. The zero-order valence-corrected chi connectivity index (χ0v) is 10.5. The zero-order chi connectivity index (χ0) is 13.1. The molecule has 4 heteroatoms. The van der Waals surface area contributed by atoms with Gasteiger partial charge in [0, 0.05) is 11.9 Å². The van der Waals surface area contributed by atoms with E-state index in [1.54, 1.807) is 12.1 Å². The minimum absolute atomic E-state index is 0.210. The van der Waals surface area contributed by atoms with E-state index in [0.29, 0.717) is 17.7 Å². The number of para-hydroxylation sites is 1. The van der Waals surface area contributed by atoms with Gasteiger partial charge in [-0.1, -0.05) is 19.1 Å². The van der Waals surface area contributed by atoms with Crippen LogP contribution in [-0.2, 0) is 0 Å². The van der Waals surface area contributed by atoms with Gasteiger partial charge in [-0.15, -0.1) is 0 Å². The highest BCUT2D eigenvalue weighted by atomic mass is 16.1. The predicted octanol–water partition coefficient (Wildman–Crippen LogP) is 2.55. The second kappa shape index (κ2) is 5.04. The fourth-order valence-corrected chi connectivity index (χ4v) is 1.95. The lowest BCUT2D eigenvalue weighted by Gasteiger charge is -2.10. The Morgan fingerprint density at radius 2 is 2.06 bits per heavy atom. The number of aromatic amines is 1. The molecule has 0 atom stereocenters. The largest absolute Gasteiger partial charge is 0.371 e. The second-order valence-electron chi connectivity index (χ2n) is 4.23. The van der Waals surface area contributed by atoms with Gasteiger partial charge < -0.3 is 10.3 Å². The SMILES string of the molecule is CCCNc1[nH]c2ccccc2c(=O)c1C(C)=O. The molecule has 2 aromatic rings. The number of rotatable bonds is 4. The first-order chi connectivity index (χ1) is 8.65. The van der Waals surface area contributed by atoms with Gasteiger partial charge in [-0.25, -0.2) is 0 Å². The fourth-order valence-electron chi connectivity index (χ4n) is 1.95. The summed E-state index contributed by atoms with van der Waals surface area (Å²) in [5, 5.41) is 3.65. The molecule has 18 heavy (non-hydrogen) atoms. The molecule has 2 N–H and O–H groups in total. The molecule has 0 spiro atoms. The van der Waals surface area contributed by atoms with E-state index in [0.717, 1.165) is 11.9 Å². The van der Waals surface area contributed by atoms with Gasteiger partial charge >= 0.3 is 0 Å². The fraction of sp³-hybridized carbons (Fsp3) is 0.286. The van der Waals surface area contributed by atoms with Crippen LogP contribution in [0.2, 0.25) is 0 Å². The smallest absolute Gasteiger partial charge is 0.202 e. The van der Waals surface area contributed by atoms with Crippen LogP contribution < -0.4 is 10.7 Å². The zero-order valence-electron chi connectivity index (χ0n) is 10.5. The summed E-state index contributed by atoms with van der Waals surface area (Å²) >= 11 is 0. The number of ketones is 1. The Hall–Kier alpha value is -2.10. The molecule has 0 bridgehead atoms. The summed E-state index contributed by atoms with van der Waals surface area (Å²) in [6.07, 6.45) is 0.923. The van der Waals surface area contributed by atoms with Crippen LogP contribution in [0.15, 0.2) is 29.1 Å². The third-order valence-electron chi connectivity index (χ3n) is 2.81. The summed E-state index contributed by atoms with van der Waals surface area (Å²) in [5.41, 5.74) is 0.740. The molecule has 0 unspecified atom stereocenters. The van der Waals surface area contributed by atoms with E-state index in [-0.39, 0.29) is 16.8 Å². The highest BCUT2D eigenvalue weighted by molar-refractivity contribution is 6.02. The van der Waals surface area contributed by atoms with Crippen LogP contribution in [0.1, 0.15) is 30.6 Å². The van der Waals surface area contributed by atoms with Gasteiger partial charge in [-0.05, 0) is 25.5 Å². The standard InChI is InChI=1S/C14H16N2O2/c1-3-8-15-14-12(9(2)17)13(18)10-6-4-5-7-11(10)16-14/h4-7H,3,8H2,1-2H3,(H2,15,16,18). The van der Waals surface area contributed by atoms with Crippen LogP contribution in [-0.4, -0.2) is 17.3 Å². The molecule has 1 heterocycles. The molecule has 0 saturated carbocycles. The summed E-state index contributed by atoms with van der Waals surface area (Å²) in [4.78, 5) is 27.0. The Labute approximate surface area is 105 Å². The van der Waals surface area contributed by atoms with E-state index in [4.69, 9.17) is 0 Å². The molecule has 0 amide bonds. The first kappa shape index (κ1) is 12.4. The molecule has 1 aromatic carbocycles. The van der Waals surface area contributed by atoms with Crippen molar-refractivity contribution in [2.24, 2.45) is 0 Å². The maximum atomic E-state index is 12.3. The number of H-pyrrole nitrogens is 1. The Balaban J connectivity index is 2.71. The number of fused-ring (bicyclic) bond motifs is 1. The summed E-state index contributed by atoms with van der Waals surface area (Å²) < 4.78 is 0.